The average molecular weight is 235 g/mol. The van der Waals surface area contributed by atoms with E-state index in [0.29, 0.717) is 21.3 Å². The Labute approximate surface area is 92.6 Å². The first kappa shape index (κ1) is 11.6. The van der Waals surface area contributed by atoms with Gasteiger partial charge in [-0.3, -0.25) is 0 Å². The second-order valence-corrected chi connectivity index (χ2v) is 3.98. The average Bonchev–Trinajstić information content (AvgIpc) is 2.12. The Balaban J connectivity index is 3.12. The quantitative estimate of drug-likeness (QED) is 0.686. The molecule has 1 aromatic rings. The van der Waals surface area contributed by atoms with E-state index in [0.717, 1.165) is 0 Å². The zero-order valence-electron chi connectivity index (χ0n) is 7.67. The number of benzene rings is 1. The molecule has 78 valence electrons. The van der Waals surface area contributed by atoms with Gasteiger partial charge in [0, 0.05) is 0 Å². The van der Waals surface area contributed by atoms with Crippen LogP contribution in [-0.2, 0) is 0 Å². The molecule has 14 heavy (non-hydrogen) atoms. The van der Waals surface area contributed by atoms with Crippen molar-refractivity contribution < 1.29 is 5.11 Å². The van der Waals surface area contributed by atoms with Crippen LogP contribution in [0.1, 0.15) is 18.5 Å². The summed E-state index contributed by atoms with van der Waals surface area (Å²) < 4.78 is 0. The summed E-state index contributed by atoms with van der Waals surface area (Å²) in [7, 11) is 0. The molecule has 0 amide bonds. The largest absolute Gasteiger partial charge is 0.396 e. The number of nitrogens with two attached hydrogens (primary N) is 2. The van der Waals surface area contributed by atoms with Crippen LogP contribution in [-0.4, -0.2) is 11.2 Å². The van der Waals surface area contributed by atoms with Crippen molar-refractivity contribution in [3.05, 3.63) is 27.7 Å². The standard InChI is InChI=1S/C9H12Cl2N2O/c1-4(14)8(12)5-2-6(10)9(13)7(11)3-5/h2-4,8,14H,12-13H2,1H3/t4-,8-/m1/s1. The van der Waals surface area contributed by atoms with E-state index in [1.54, 1.807) is 19.1 Å². The Morgan fingerprint density at radius 2 is 1.71 bits per heavy atom. The van der Waals surface area contributed by atoms with Crippen LogP contribution in [0.2, 0.25) is 10.0 Å². The first-order valence-corrected chi connectivity index (χ1v) is 4.87. The molecule has 0 bridgehead atoms. The third-order valence-electron chi connectivity index (χ3n) is 2.01. The molecule has 5 N–H and O–H groups in total. The zero-order valence-corrected chi connectivity index (χ0v) is 9.18. The van der Waals surface area contributed by atoms with Gasteiger partial charge in [-0.15, -0.1) is 0 Å². The van der Waals surface area contributed by atoms with E-state index in [-0.39, 0.29) is 0 Å². The van der Waals surface area contributed by atoms with E-state index in [4.69, 9.17) is 34.7 Å². The van der Waals surface area contributed by atoms with E-state index in [2.05, 4.69) is 0 Å². The lowest BCUT2D eigenvalue weighted by atomic mass is 10.0. The lowest BCUT2D eigenvalue weighted by Crippen LogP contribution is -2.23. The predicted molar refractivity (Wildman–Crippen MR) is 59.5 cm³/mol. The molecule has 0 heterocycles. The van der Waals surface area contributed by atoms with Crippen LogP contribution in [0.5, 0.6) is 0 Å². The molecular weight excluding hydrogens is 223 g/mol. The summed E-state index contributed by atoms with van der Waals surface area (Å²) in [5.41, 5.74) is 12.3. The first-order valence-electron chi connectivity index (χ1n) is 4.11. The van der Waals surface area contributed by atoms with Crippen LogP contribution in [0, 0.1) is 0 Å². The van der Waals surface area contributed by atoms with Crippen LogP contribution in [0.3, 0.4) is 0 Å². The third kappa shape index (κ3) is 2.30. The van der Waals surface area contributed by atoms with Gasteiger partial charge in [-0.2, -0.15) is 0 Å². The summed E-state index contributed by atoms with van der Waals surface area (Å²) in [4.78, 5) is 0. The van der Waals surface area contributed by atoms with Crippen LogP contribution >= 0.6 is 23.2 Å². The molecule has 0 spiro atoms. The monoisotopic (exact) mass is 234 g/mol. The Hall–Kier alpha value is -0.480. The van der Waals surface area contributed by atoms with Crippen molar-refractivity contribution in [2.75, 3.05) is 5.73 Å². The van der Waals surface area contributed by atoms with E-state index in [1.807, 2.05) is 0 Å². The van der Waals surface area contributed by atoms with E-state index in [9.17, 15) is 5.11 Å². The Kier molecular flexibility index (Phi) is 3.61. The summed E-state index contributed by atoms with van der Waals surface area (Å²) in [6.07, 6.45) is -0.661. The Morgan fingerprint density at radius 3 is 2.07 bits per heavy atom. The molecule has 0 saturated carbocycles. The van der Waals surface area contributed by atoms with Crippen molar-refractivity contribution in [2.45, 2.75) is 19.1 Å². The second kappa shape index (κ2) is 4.36. The van der Waals surface area contributed by atoms with Crippen molar-refractivity contribution in [3.8, 4) is 0 Å². The van der Waals surface area contributed by atoms with E-state index >= 15 is 0 Å². The highest BCUT2D eigenvalue weighted by Crippen LogP contribution is 2.31. The maximum absolute atomic E-state index is 9.28. The lowest BCUT2D eigenvalue weighted by molar-refractivity contribution is 0.164. The van der Waals surface area contributed by atoms with Gasteiger partial charge in [0.2, 0.25) is 0 Å². The molecule has 2 atom stereocenters. The SMILES string of the molecule is C[C@@H](O)[C@@H](N)c1cc(Cl)c(N)c(Cl)c1. The highest BCUT2D eigenvalue weighted by Gasteiger charge is 2.14. The molecule has 0 saturated heterocycles. The van der Waals surface area contributed by atoms with Crippen molar-refractivity contribution in [3.63, 3.8) is 0 Å². The molecule has 0 unspecified atom stereocenters. The van der Waals surface area contributed by atoms with Crippen molar-refractivity contribution in [1.82, 2.24) is 0 Å². The normalized spacial score (nSPS) is 15.2. The maximum atomic E-state index is 9.28. The minimum absolute atomic E-state index is 0.329. The molecule has 1 aromatic carbocycles. The Bertz CT molecular complexity index is 319. The molecule has 3 nitrogen and oxygen atoms in total. The third-order valence-corrected chi connectivity index (χ3v) is 2.63. The molecule has 1 rings (SSSR count). The van der Waals surface area contributed by atoms with Crippen LogP contribution < -0.4 is 11.5 Å². The summed E-state index contributed by atoms with van der Waals surface area (Å²) in [5.74, 6) is 0. The van der Waals surface area contributed by atoms with Gasteiger partial charge in [-0.1, -0.05) is 23.2 Å². The molecular formula is C9H12Cl2N2O. The highest BCUT2D eigenvalue weighted by atomic mass is 35.5. The van der Waals surface area contributed by atoms with Gasteiger partial charge < -0.3 is 16.6 Å². The molecule has 0 fully saturated rings. The minimum Gasteiger partial charge on any atom is -0.396 e. The van der Waals surface area contributed by atoms with Gasteiger partial charge in [0.15, 0.2) is 0 Å². The summed E-state index contributed by atoms with van der Waals surface area (Å²) >= 11 is 11.6. The van der Waals surface area contributed by atoms with Gasteiger partial charge in [-0.05, 0) is 24.6 Å². The van der Waals surface area contributed by atoms with E-state index < -0.39 is 12.1 Å². The number of halogens is 2. The summed E-state index contributed by atoms with van der Waals surface area (Å²) in [6, 6.07) is 2.71. The molecule has 0 radical (unpaired) electrons. The van der Waals surface area contributed by atoms with Crippen LogP contribution in [0.15, 0.2) is 12.1 Å². The Morgan fingerprint density at radius 1 is 1.29 bits per heavy atom. The minimum atomic E-state index is -0.661. The number of hydrogen-bond acceptors (Lipinski definition) is 3. The smallest absolute Gasteiger partial charge is 0.0704 e. The van der Waals surface area contributed by atoms with Crippen LogP contribution in [0.25, 0.3) is 0 Å². The zero-order chi connectivity index (χ0) is 10.9. The number of aliphatic hydroxyl groups is 1. The van der Waals surface area contributed by atoms with Gasteiger partial charge >= 0.3 is 0 Å². The number of nitrogen functional groups attached to an aromatic ring is 1. The van der Waals surface area contributed by atoms with Gasteiger partial charge in [0.1, 0.15) is 0 Å². The molecule has 0 aliphatic rings. The van der Waals surface area contributed by atoms with Crippen molar-refractivity contribution in [1.29, 1.82) is 0 Å². The molecule has 0 aliphatic carbocycles. The van der Waals surface area contributed by atoms with E-state index in [1.165, 1.54) is 0 Å². The number of anilines is 1. The van der Waals surface area contributed by atoms with Gasteiger partial charge in [-0.25, -0.2) is 0 Å². The highest BCUT2D eigenvalue weighted by molar-refractivity contribution is 6.38. The predicted octanol–water partition coefficient (Wildman–Crippen LogP) is 1.96. The first-order chi connectivity index (χ1) is 6.43. The van der Waals surface area contributed by atoms with Crippen molar-refractivity contribution >= 4 is 28.9 Å². The fraction of sp³-hybridized carbons (Fsp3) is 0.333. The molecule has 0 aromatic heterocycles. The van der Waals surface area contributed by atoms with Gasteiger partial charge in [0.25, 0.3) is 0 Å². The van der Waals surface area contributed by atoms with Crippen LogP contribution in [0.4, 0.5) is 5.69 Å². The molecule has 5 heteroatoms. The fourth-order valence-electron chi connectivity index (χ4n) is 1.07. The topological polar surface area (TPSA) is 72.3 Å². The fourth-order valence-corrected chi connectivity index (χ4v) is 1.58. The second-order valence-electron chi connectivity index (χ2n) is 3.16. The lowest BCUT2D eigenvalue weighted by Gasteiger charge is -2.16. The number of aliphatic hydroxyl groups excluding tert-OH is 1. The number of rotatable bonds is 2. The van der Waals surface area contributed by atoms with Gasteiger partial charge in [0.05, 0.1) is 27.9 Å². The van der Waals surface area contributed by atoms with Crippen molar-refractivity contribution in [2.24, 2.45) is 5.73 Å². The number of hydrogen-bond donors (Lipinski definition) is 3. The molecule has 0 aliphatic heterocycles. The summed E-state index contributed by atoms with van der Waals surface area (Å²) in [6.45, 7) is 1.60. The maximum Gasteiger partial charge on any atom is 0.0704 e. The summed E-state index contributed by atoms with van der Waals surface area (Å²) in [5, 5.41) is 9.98.